The molecule has 0 aliphatic rings. The minimum atomic E-state index is -0.405. The molecule has 0 N–H and O–H groups in total. The molecule has 4 aromatic rings. The summed E-state index contributed by atoms with van der Waals surface area (Å²) in [6.07, 6.45) is 6.63. The summed E-state index contributed by atoms with van der Waals surface area (Å²) in [5.41, 5.74) is 1.32. The van der Waals surface area contributed by atoms with Crippen molar-refractivity contribution in [3.05, 3.63) is 96.7 Å². The quantitative estimate of drug-likeness (QED) is 0.367. The van der Waals surface area contributed by atoms with E-state index in [2.05, 4.69) is 17.0 Å². The molecule has 2 heterocycles. The summed E-state index contributed by atoms with van der Waals surface area (Å²) in [6, 6.07) is 17.2. The van der Waals surface area contributed by atoms with Crippen LogP contribution in [-0.2, 0) is 6.42 Å². The number of hydrogen-bond acceptors (Lipinski definition) is 6. The van der Waals surface area contributed by atoms with E-state index >= 15 is 0 Å². The number of ether oxygens (including phenoxy) is 1. The molecule has 0 fully saturated rings. The van der Waals surface area contributed by atoms with Gasteiger partial charge in [-0.15, -0.1) is 0 Å². The molecule has 32 heavy (non-hydrogen) atoms. The third-order valence-electron chi connectivity index (χ3n) is 5.13. The summed E-state index contributed by atoms with van der Waals surface area (Å²) in [6.45, 7) is 2.82. The van der Waals surface area contributed by atoms with Crippen LogP contribution < -0.4 is 20.4 Å². The number of hydrogen-bond donors (Lipinski definition) is 0. The monoisotopic (exact) mass is 447 g/mol. The number of aromatic nitrogens is 3. The maximum atomic E-state index is 13.0. The number of nitrogens with zero attached hydrogens (tertiary/aromatic N) is 3. The van der Waals surface area contributed by atoms with E-state index in [1.54, 1.807) is 6.08 Å². The van der Waals surface area contributed by atoms with E-state index in [0.29, 0.717) is 22.5 Å². The van der Waals surface area contributed by atoms with Crippen LogP contribution in [0.5, 0.6) is 5.75 Å². The van der Waals surface area contributed by atoms with Gasteiger partial charge in [0.25, 0.3) is 11.1 Å². The van der Waals surface area contributed by atoms with Crippen LogP contribution in [0.15, 0.2) is 64.2 Å². The van der Waals surface area contributed by atoms with Gasteiger partial charge in [0.1, 0.15) is 11.4 Å². The largest absolute Gasteiger partial charge is 0.493 e. The third-order valence-corrected chi connectivity index (χ3v) is 6.08. The molecule has 6 nitrogen and oxygen atoms in total. The van der Waals surface area contributed by atoms with Crippen molar-refractivity contribution in [3.8, 4) is 5.75 Å². The number of thiazole rings is 1. The van der Waals surface area contributed by atoms with Crippen molar-refractivity contribution in [1.29, 1.82) is 0 Å². The van der Waals surface area contributed by atoms with E-state index < -0.39 is 5.56 Å². The number of benzene rings is 2. The smallest absolute Gasteiger partial charge is 0.296 e. The first kappa shape index (κ1) is 21.9. The molecule has 0 unspecified atom stereocenters. The highest BCUT2D eigenvalue weighted by molar-refractivity contribution is 7.15. The van der Waals surface area contributed by atoms with E-state index in [1.807, 2.05) is 54.6 Å². The van der Waals surface area contributed by atoms with E-state index in [-0.39, 0.29) is 11.3 Å². The first-order valence-corrected chi connectivity index (χ1v) is 11.7. The molecule has 0 amide bonds. The molecule has 0 aliphatic heterocycles. The molecule has 0 aliphatic carbocycles. The lowest BCUT2D eigenvalue weighted by Crippen LogP contribution is -2.28. The Morgan fingerprint density at radius 2 is 1.78 bits per heavy atom. The first-order valence-electron chi connectivity index (χ1n) is 10.9. The van der Waals surface area contributed by atoms with E-state index in [9.17, 15) is 9.59 Å². The zero-order valence-corrected chi connectivity index (χ0v) is 18.8. The van der Waals surface area contributed by atoms with Crippen LogP contribution in [0.3, 0.4) is 0 Å². The highest BCUT2D eigenvalue weighted by Gasteiger charge is 2.12. The van der Waals surface area contributed by atoms with Crippen molar-refractivity contribution < 1.29 is 4.74 Å². The van der Waals surface area contributed by atoms with Gasteiger partial charge in [-0.25, -0.2) is 0 Å². The summed E-state index contributed by atoms with van der Waals surface area (Å²) in [7, 11) is 0. The van der Waals surface area contributed by atoms with Crippen molar-refractivity contribution in [3.63, 3.8) is 0 Å². The Morgan fingerprint density at radius 1 is 1.00 bits per heavy atom. The number of fused-ring (bicyclic) bond motifs is 1. The van der Waals surface area contributed by atoms with E-state index in [1.165, 1.54) is 17.4 Å². The van der Waals surface area contributed by atoms with Crippen LogP contribution in [-0.4, -0.2) is 21.2 Å². The van der Waals surface area contributed by atoms with E-state index in [0.717, 1.165) is 41.1 Å². The zero-order valence-electron chi connectivity index (χ0n) is 18.0. The second kappa shape index (κ2) is 10.3. The van der Waals surface area contributed by atoms with Gasteiger partial charge in [-0.2, -0.15) is 14.6 Å². The van der Waals surface area contributed by atoms with Gasteiger partial charge in [0.2, 0.25) is 4.96 Å². The van der Waals surface area contributed by atoms with Crippen LogP contribution >= 0.6 is 11.3 Å². The van der Waals surface area contributed by atoms with Crippen LogP contribution in [0.4, 0.5) is 0 Å². The fourth-order valence-corrected chi connectivity index (χ4v) is 4.32. The van der Waals surface area contributed by atoms with Crippen molar-refractivity contribution >= 4 is 22.4 Å². The second-order valence-corrected chi connectivity index (χ2v) is 8.59. The van der Waals surface area contributed by atoms with Gasteiger partial charge in [-0.05, 0) is 24.1 Å². The van der Waals surface area contributed by atoms with Gasteiger partial charge < -0.3 is 4.74 Å². The molecule has 4 rings (SSSR count). The topological polar surface area (TPSA) is 73.6 Å². The predicted octanol–water partition coefficient (Wildman–Crippen LogP) is 3.61. The Balaban J connectivity index is 1.65. The molecular formula is C25H25N3O3S. The molecule has 0 saturated heterocycles. The molecule has 0 atom stereocenters. The van der Waals surface area contributed by atoms with Gasteiger partial charge in [0, 0.05) is 12.0 Å². The number of unbranched alkanes of at least 4 members (excludes halogenated alkanes) is 3. The van der Waals surface area contributed by atoms with Crippen LogP contribution in [0, 0.1) is 0 Å². The minimum absolute atomic E-state index is 0.256. The van der Waals surface area contributed by atoms with Gasteiger partial charge >= 0.3 is 0 Å². The predicted molar refractivity (Wildman–Crippen MR) is 128 cm³/mol. The maximum Gasteiger partial charge on any atom is 0.296 e. The molecule has 2 aromatic heterocycles. The normalized spacial score (nSPS) is 11.8. The molecule has 2 aromatic carbocycles. The lowest BCUT2D eigenvalue weighted by Gasteiger charge is -2.08. The van der Waals surface area contributed by atoms with Crippen molar-refractivity contribution in [2.24, 2.45) is 0 Å². The Bertz CT molecular complexity index is 1360. The summed E-state index contributed by atoms with van der Waals surface area (Å²) in [4.78, 5) is 29.8. The van der Waals surface area contributed by atoms with Gasteiger partial charge in [-0.3, -0.25) is 9.59 Å². The molecule has 164 valence electrons. The summed E-state index contributed by atoms with van der Waals surface area (Å²) in [5, 5.41) is 4.32. The van der Waals surface area contributed by atoms with E-state index in [4.69, 9.17) is 4.74 Å². The molecule has 0 radical (unpaired) electrons. The van der Waals surface area contributed by atoms with Crippen LogP contribution in [0.1, 0.15) is 49.4 Å². The average Bonchev–Trinajstić information content (AvgIpc) is 3.10. The maximum absolute atomic E-state index is 13.0. The minimum Gasteiger partial charge on any atom is -0.493 e. The number of para-hydroxylation sites is 1. The lowest BCUT2D eigenvalue weighted by molar-refractivity contribution is 0.304. The number of rotatable bonds is 9. The summed E-state index contributed by atoms with van der Waals surface area (Å²) in [5.74, 6) is 0.737. The Morgan fingerprint density at radius 3 is 2.59 bits per heavy atom. The Kier molecular flexibility index (Phi) is 7.07. The standard InChI is InChI=1S/C25H25N3O3S/c1-2-3-4-10-15-31-21-14-9-8-13-19(21)17-22-24(30)28-25(32-22)26-23(29)20(27-28)16-18-11-6-5-7-12-18/h5-9,11-14,17H,2-4,10,15-16H2,1H3/b22-17-. The first-order chi connectivity index (χ1) is 15.7. The summed E-state index contributed by atoms with van der Waals surface area (Å²) >= 11 is 1.16. The fraction of sp³-hybridized carbons (Fsp3) is 0.280. The summed E-state index contributed by atoms with van der Waals surface area (Å²) < 4.78 is 7.65. The highest BCUT2D eigenvalue weighted by atomic mass is 32.1. The zero-order chi connectivity index (χ0) is 22.3. The fourth-order valence-electron chi connectivity index (χ4n) is 3.42. The molecule has 0 spiro atoms. The van der Waals surface area contributed by atoms with Crippen molar-refractivity contribution in [2.75, 3.05) is 6.61 Å². The van der Waals surface area contributed by atoms with Gasteiger partial charge in [-0.1, -0.05) is 86.1 Å². The lowest BCUT2D eigenvalue weighted by atomic mass is 10.1. The molecule has 0 bridgehead atoms. The van der Waals surface area contributed by atoms with Gasteiger partial charge in [0.15, 0.2) is 0 Å². The molecule has 0 saturated carbocycles. The van der Waals surface area contributed by atoms with Crippen LogP contribution in [0.25, 0.3) is 11.0 Å². The SMILES string of the molecule is CCCCCCOc1ccccc1/C=c1\sc2nc(=O)c(Cc3ccccc3)nn2c1=O. The van der Waals surface area contributed by atoms with Crippen LogP contribution in [0.2, 0.25) is 0 Å². The van der Waals surface area contributed by atoms with Gasteiger partial charge in [0.05, 0.1) is 11.1 Å². The van der Waals surface area contributed by atoms with Crippen molar-refractivity contribution in [1.82, 2.24) is 14.6 Å². The second-order valence-electron chi connectivity index (χ2n) is 7.58. The average molecular weight is 448 g/mol. The van der Waals surface area contributed by atoms with Crippen molar-refractivity contribution in [2.45, 2.75) is 39.0 Å². The molecular weight excluding hydrogens is 422 g/mol. The third kappa shape index (κ3) is 5.11. The Hall–Kier alpha value is -3.32. The Labute approximate surface area is 189 Å². The highest BCUT2D eigenvalue weighted by Crippen LogP contribution is 2.19. The molecule has 7 heteroatoms.